The molecule has 2 aromatic carbocycles. The van der Waals surface area contributed by atoms with Gasteiger partial charge in [0.05, 0.1) is 51.2 Å². The van der Waals surface area contributed by atoms with Crippen molar-refractivity contribution in [2.24, 2.45) is 0 Å². The first-order valence-corrected chi connectivity index (χ1v) is 9.26. The van der Waals surface area contributed by atoms with Gasteiger partial charge in [-0.05, 0) is 17.7 Å². The standard InChI is InChI=1S/C20H26N2OS/c24-20(17-23-16-18-7-3-1-4-8-18)15-21-11-13-22(14-12-21)19-9-5-2-6-10-19/h1-10,20,24H,11-17H2/p+1. The highest BCUT2D eigenvalue weighted by Crippen LogP contribution is 2.12. The molecular formula is C20H27N2OS+. The van der Waals surface area contributed by atoms with Crippen molar-refractivity contribution in [2.75, 3.05) is 44.2 Å². The maximum atomic E-state index is 5.81. The van der Waals surface area contributed by atoms with E-state index in [0.717, 1.165) is 19.6 Å². The van der Waals surface area contributed by atoms with E-state index in [1.807, 2.05) is 18.2 Å². The molecular weight excluding hydrogens is 316 g/mol. The predicted octanol–water partition coefficient (Wildman–Crippen LogP) is 1.91. The molecule has 0 amide bonds. The molecule has 2 aromatic rings. The lowest BCUT2D eigenvalue weighted by Gasteiger charge is -2.34. The zero-order chi connectivity index (χ0) is 16.6. The lowest BCUT2D eigenvalue weighted by molar-refractivity contribution is -0.900. The summed E-state index contributed by atoms with van der Waals surface area (Å²) >= 11 is 4.72. The van der Waals surface area contributed by atoms with E-state index in [1.54, 1.807) is 4.90 Å². The number of piperazine rings is 1. The molecule has 1 aliphatic rings. The molecule has 128 valence electrons. The Labute approximate surface area is 150 Å². The minimum absolute atomic E-state index is 0.298. The van der Waals surface area contributed by atoms with Crippen LogP contribution in [-0.2, 0) is 11.3 Å². The number of hydrogen-bond acceptors (Lipinski definition) is 3. The lowest BCUT2D eigenvalue weighted by atomic mass is 10.2. The Morgan fingerprint density at radius 2 is 1.58 bits per heavy atom. The molecule has 1 fully saturated rings. The third-order valence-electron chi connectivity index (χ3n) is 4.54. The van der Waals surface area contributed by atoms with Gasteiger partial charge in [0.25, 0.3) is 0 Å². The summed E-state index contributed by atoms with van der Waals surface area (Å²) in [5.41, 5.74) is 2.56. The summed E-state index contributed by atoms with van der Waals surface area (Å²) < 4.78 is 5.81. The van der Waals surface area contributed by atoms with Gasteiger partial charge in [-0.25, -0.2) is 0 Å². The molecule has 0 aromatic heterocycles. The molecule has 1 saturated heterocycles. The van der Waals surface area contributed by atoms with Crippen LogP contribution < -0.4 is 9.80 Å². The van der Waals surface area contributed by atoms with Crippen LogP contribution in [0.15, 0.2) is 60.7 Å². The summed E-state index contributed by atoms with van der Waals surface area (Å²) in [6, 6.07) is 21.0. The van der Waals surface area contributed by atoms with Crippen LogP contribution in [0.1, 0.15) is 5.56 Å². The Kier molecular flexibility index (Phi) is 6.58. The van der Waals surface area contributed by atoms with Crippen LogP contribution in [0.5, 0.6) is 0 Å². The second-order valence-corrected chi connectivity index (χ2v) is 7.16. The summed E-state index contributed by atoms with van der Waals surface area (Å²) in [6.45, 7) is 7.03. The van der Waals surface area contributed by atoms with Gasteiger partial charge in [-0.3, -0.25) is 0 Å². The Hall–Kier alpha value is -1.49. The Morgan fingerprint density at radius 3 is 2.25 bits per heavy atom. The van der Waals surface area contributed by atoms with E-state index in [2.05, 4.69) is 47.4 Å². The van der Waals surface area contributed by atoms with Gasteiger partial charge < -0.3 is 14.5 Å². The van der Waals surface area contributed by atoms with Crippen molar-refractivity contribution in [1.82, 2.24) is 0 Å². The molecule has 24 heavy (non-hydrogen) atoms. The Balaban J connectivity index is 1.35. The van der Waals surface area contributed by atoms with E-state index in [9.17, 15) is 0 Å². The predicted molar refractivity (Wildman–Crippen MR) is 103 cm³/mol. The summed E-state index contributed by atoms with van der Waals surface area (Å²) in [6.07, 6.45) is 0. The summed E-state index contributed by atoms with van der Waals surface area (Å²) in [5.74, 6) is 0. The number of benzene rings is 2. The highest BCUT2D eigenvalue weighted by molar-refractivity contribution is 7.81. The average molecular weight is 344 g/mol. The van der Waals surface area contributed by atoms with E-state index >= 15 is 0 Å². The van der Waals surface area contributed by atoms with Crippen LogP contribution in [0.4, 0.5) is 5.69 Å². The van der Waals surface area contributed by atoms with Crippen molar-refractivity contribution in [3.8, 4) is 0 Å². The maximum Gasteiger partial charge on any atom is 0.0949 e. The molecule has 1 heterocycles. The smallest absolute Gasteiger partial charge is 0.0949 e. The first kappa shape index (κ1) is 17.3. The van der Waals surface area contributed by atoms with Gasteiger partial charge in [-0.15, -0.1) is 0 Å². The number of para-hydroxylation sites is 1. The van der Waals surface area contributed by atoms with Crippen LogP contribution in [0, 0.1) is 0 Å². The minimum Gasteiger partial charge on any atom is -0.375 e. The largest absolute Gasteiger partial charge is 0.375 e. The SMILES string of the molecule is SC(COCc1ccccc1)C[NH+]1CCN(c2ccccc2)CC1. The third-order valence-corrected chi connectivity index (χ3v) is 4.87. The van der Waals surface area contributed by atoms with Crippen molar-refractivity contribution < 1.29 is 9.64 Å². The Morgan fingerprint density at radius 1 is 0.958 bits per heavy atom. The van der Waals surface area contributed by atoms with E-state index in [1.165, 1.54) is 24.3 Å². The molecule has 0 saturated carbocycles. The topological polar surface area (TPSA) is 16.9 Å². The first-order valence-electron chi connectivity index (χ1n) is 8.74. The average Bonchev–Trinajstić information content (AvgIpc) is 2.64. The molecule has 1 aliphatic heterocycles. The van der Waals surface area contributed by atoms with Gasteiger partial charge >= 0.3 is 0 Å². The highest BCUT2D eigenvalue weighted by Gasteiger charge is 2.22. The summed E-state index contributed by atoms with van der Waals surface area (Å²) in [5, 5.41) is 0.298. The fourth-order valence-electron chi connectivity index (χ4n) is 3.20. The molecule has 3 nitrogen and oxygen atoms in total. The van der Waals surface area contributed by atoms with Gasteiger partial charge in [-0.2, -0.15) is 12.6 Å². The van der Waals surface area contributed by atoms with Crippen LogP contribution in [0.2, 0.25) is 0 Å². The quantitative estimate of drug-likeness (QED) is 0.748. The van der Waals surface area contributed by atoms with Crippen molar-refractivity contribution in [1.29, 1.82) is 0 Å². The van der Waals surface area contributed by atoms with Gasteiger partial charge in [-0.1, -0.05) is 48.5 Å². The summed E-state index contributed by atoms with van der Waals surface area (Å²) in [4.78, 5) is 4.11. The number of rotatable bonds is 7. The maximum absolute atomic E-state index is 5.81. The fraction of sp³-hybridized carbons (Fsp3) is 0.400. The van der Waals surface area contributed by atoms with E-state index in [-0.39, 0.29) is 0 Å². The first-order chi connectivity index (χ1) is 11.8. The van der Waals surface area contributed by atoms with E-state index < -0.39 is 0 Å². The van der Waals surface area contributed by atoms with Crippen molar-refractivity contribution in [3.05, 3.63) is 66.2 Å². The van der Waals surface area contributed by atoms with E-state index in [4.69, 9.17) is 17.4 Å². The molecule has 0 bridgehead atoms. The molecule has 3 rings (SSSR count). The van der Waals surface area contributed by atoms with Gasteiger partial charge in [0.15, 0.2) is 0 Å². The number of nitrogens with one attached hydrogen (secondary N) is 1. The zero-order valence-corrected chi connectivity index (χ0v) is 15.0. The third kappa shape index (κ3) is 5.26. The second-order valence-electron chi connectivity index (χ2n) is 6.43. The molecule has 1 atom stereocenters. The van der Waals surface area contributed by atoms with Gasteiger partial charge in [0, 0.05) is 5.69 Å². The second kappa shape index (κ2) is 9.11. The Bertz CT molecular complexity index is 585. The van der Waals surface area contributed by atoms with Gasteiger partial charge in [0.2, 0.25) is 0 Å². The molecule has 1 unspecified atom stereocenters. The van der Waals surface area contributed by atoms with Crippen LogP contribution in [-0.4, -0.2) is 44.6 Å². The number of hydrogen-bond donors (Lipinski definition) is 2. The molecule has 0 aliphatic carbocycles. The van der Waals surface area contributed by atoms with Gasteiger partial charge in [0.1, 0.15) is 0 Å². The lowest BCUT2D eigenvalue weighted by Crippen LogP contribution is -3.15. The molecule has 0 spiro atoms. The van der Waals surface area contributed by atoms with Crippen LogP contribution in [0.25, 0.3) is 0 Å². The monoisotopic (exact) mass is 343 g/mol. The van der Waals surface area contributed by atoms with Crippen LogP contribution in [0.3, 0.4) is 0 Å². The number of quaternary nitrogens is 1. The van der Waals surface area contributed by atoms with Crippen molar-refractivity contribution >= 4 is 18.3 Å². The molecule has 4 heteroatoms. The molecule has 1 N–H and O–H groups in total. The number of ether oxygens (including phenoxy) is 1. The van der Waals surface area contributed by atoms with Crippen molar-refractivity contribution in [2.45, 2.75) is 11.9 Å². The fourth-order valence-corrected chi connectivity index (χ4v) is 3.57. The highest BCUT2D eigenvalue weighted by atomic mass is 32.1. The molecule has 0 radical (unpaired) electrons. The van der Waals surface area contributed by atoms with Crippen molar-refractivity contribution in [3.63, 3.8) is 0 Å². The minimum atomic E-state index is 0.298. The normalized spacial score (nSPS) is 17.0. The number of nitrogens with zero attached hydrogens (tertiary/aromatic N) is 1. The summed E-state index contributed by atoms with van der Waals surface area (Å²) in [7, 11) is 0. The number of anilines is 1. The van der Waals surface area contributed by atoms with E-state index in [0.29, 0.717) is 18.5 Å². The number of thiol groups is 1. The van der Waals surface area contributed by atoms with Crippen LogP contribution >= 0.6 is 12.6 Å². The zero-order valence-electron chi connectivity index (χ0n) is 14.1.